The number of hydrogen-bond donors (Lipinski definition) is 1. The Bertz CT molecular complexity index is 406. The number of rotatable bonds is 4. The van der Waals surface area contributed by atoms with Gasteiger partial charge < -0.3 is 10.1 Å². The highest BCUT2D eigenvalue weighted by molar-refractivity contribution is 7.12. The van der Waals surface area contributed by atoms with Crippen LogP contribution in [0.3, 0.4) is 0 Å². The third-order valence-corrected chi connectivity index (χ3v) is 3.03. The molecule has 0 aliphatic carbocycles. The Morgan fingerprint density at radius 2 is 2.31 bits per heavy atom. The minimum absolute atomic E-state index is 0.0933. The molecule has 0 radical (unpaired) electrons. The van der Waals surface area contributed by atoms with Crippen molar-refractivity contribution >= 4 is 17.2 Å². The maximum atomic E-state index is 11.7. The minimum Gasteiger partial charge on any atom is -0.496 e. The molecule has 0 aromatic carbocycles. The molecular weight excluding hydrogens is 224 g/mol. The smallest absolute Gasteiger partial charge is 0.262 e. The maximum Gasteiger partial charge on any atom is 0.262 e. The molecule has 0 aliphatic rings. The second kappa shape index (κ2) is 5.52. The Hall–Kier alpha value is -1.54. The zero-order valence-electron chi connectivity index (χ0n) is 9.48. The van der Waals surface area contributed by atoms with Crippen LogP contribution in [0.25, 0.3) is 0 Å². The summed E-state index contributed by atoms with van der Waals surface area (Å²) in [5.41, 5.74) is 0. The predicted octanol–water partition coefficient (Wildman–Crippen LogP) is 2.03. The number of methoxy groups -OCH3 is 1. The number of ether oxygens (including phenoxy) is 1. The van der Waals surface area contributed by atoms with E-state index >= 15 is 0 Å². The predicted molar refractivity (Wildman–Crippen MR) is 62.6 cm³/mol. The molecule has 1 unspecified atom stereocenters. The van der Waals surface area contributed by atoms with Gasteiger partial charge in [0.05, 0.1) is 18.1 Å². The van der Waals surface area contributed by atoms with E-state index in [-0.39, 0.29) is 11.8 Å². The van der Waals surface area contributed by atoms with Gasteiger partial charge in [-0.2, -0.15) is 5.26 Å². The first kappa shape index (κ1) is 12.5. The van der Waals surface area contributed by atoms with Crippen molar-refractivity contribution < 1.29 is 9.53 Å². The van der Waals surface area contributed by atoms with Crippen LogP contribution in [0.1, 0.15) is 23.5 Å². The van der Waals surface area contributed by atoms with Crippen molar-refractivity contribution in [1.29, 1.82) is 5.26 Å². The highest BCUT2D eigenvalue weighted by atomic mass is 32.1. The van der Waals surface area contributed by atoms with E-state index in [4.69, 9.17) is 10.00 Å². The van der Waals surface area contributed by atoms with Gasteiger partial charge in [0.1, 0.15) is 11.8 Å². The first-order chi connectivity index (χ1) is 7.58. The number of carbonyl (C=O) groups is 1. The van der Waals surface area contributed by atoms with E-state index in [0.717, 1.165) is 0 Å². The second-order valence-corrected chi connectivity index (χ2v) is 4.59. The van der Waals surface area contributed by atoms with Crippen LogP contribution in [0.5, 0.6) is 5.75 Å². The molecule has 1 rings (SSSR count). The van der Waals surface area contributed by atoms with E-state index in [1.807, 2.05) is 13.8 Å². The summed E-state index contributed by atoms with van der Waals surface area (Å²) in [6, 6.07) is 3.27. The van der Waals surface area contributed by atoms with Gasteiger partial charge in [0.2, 0.25) is 0 Å². The zero-order valence-corrected chi connectivity index (χ0v) is 10.3. The normalized spacial score (nSPS) is 11.9. The lowest BCUT2D eigenvalue weighted by Crippen LogP contribution is -2.36. The van der Waals surface area contributed by atoms with E-state index < -0.39 is 6.04 Å². The fourth-order valence-corrected chi connectivity index (χ4v) is 1.86. The van der Waals surface area contributed by atoms with Gasteiger partial charge in [0.15, 0.2) is 0 Å². The fraction of sp³-hybridized carbons (Fsp3) is 0.455. The van der Waals surface area contributed by atoms with Crippen molar-refractivity contribution in [2.24, 2.45) is 5.92 Å². The van der Waals surface area contributed by atoms with E-state index in [1.54, 1.807) is 18.6 Å². The van der Waals surface area contributed by atoms with Crippen molar-refractivity contribution in [3.05, 3.63) is 16.3 Å². The largest absolute Gasteiger partial charge is 0.496 e. The van der Waals surface area contributed by atoms with Crippen LogP contribution in [-0.2, 0) is 0 Å². The summed E-state index contributed by atoms with van der Waals surface area (Å²) in [5, 5.41) is 13.3. The number of amides is 1. The van der Waals surface area contributed by atoms with Gasteiger partial charge in [-0.1, -0.05) is 13.8 Å². The minimum atomic E-state index is -0.458. The van der Waals surface area contributed by atoms with Crippen LogP contribution < -0.4 is 10.1 Å². The standard InChI is InChI=1S/C11H14N2O2S/c1-7(2)9(5-12)13-11(14)10-4-8(15-3)6-16-10/h4,6-7,9H,1-3H3,(H,13,14). The quantitative estimate of drug-likeness (QED) is 0.873. The summed E-state index contributed by atoms with van der Waals surface area (Å²) in [4.78, 5) is 12.3. The number of carbonyl (C=O) groups excluding carboxylic acids is 1. The van der Waals surface area contributed by atoms with Crippen molar-refractivity contribution in [3.8, 4) is 11.8 Å². The molecule has 16 heavy (non-hydrogen) atoms. The topological polar surface area (TPSA) is 62.1 Å². The molecule has 0 bridgehead atoms. The molecule has 1 heterocycles. The van der Waals surface area contributed by atoms with Crippen LogP contribution in [-0.4, -0.2) is 19.1 Å². The van der Waals surface area contributed by atoms with Gasteiger partial charge >= 0.3 is 0 Å². The molecule has 1 aromatic rings. The molecule has 1 atom stereocenters. The number of nitrogens with one attached hydrogen (secondary N) is 1. The molecule has 1 N–H and O–H groups in total. The van der Waals surface area contributed by atoms with Crippen molar-refractivity contribution in [3.63, 3.8) is 0 Å². The van der Waals surface area contributed by atoms with Gasteiger partial charge in [-0.05, 0) is 5.92 Å². The van der Waals surface area contributed by atoms with Crippen molar-refractivity contribution in [1.82, 2.24) is 5.32 Å². The molecular formula is C11H14N2O2S. The van der Waals surface area contributed by atoms with Crippen LogP contribution >= 0.6 is 11.3 Å². The highest BCUT2D eigenvalue weighted by Gasteiger charge is 2.17. The molecule has 0 saturated carbocycles. The number of hydrogen-bond acceptors (Lipinski definition) is 4. The average Bonchev–Trinajstić information content (AvgIpc) is 2.73. The van der Waals surface area contributed by atoms with Crippen LogP contribution in [0, 0.1) is 17.2 Å². The van der Waals surface area contributed by atoms with Gasteiger partial charge in [-0.3, -0.25) is 4.79 Å². The average molecular weight is 238 g/mol. The van der Waals surface area contributed by atoms with Gasteiger partial charge in [-0.25, -0.2) is 0 Å². The molecule has 0 saturated heterocycles. The summed E-state index contributed by atoms with van der Waals surface area (Å²) in [6.07, 6.45) is 0. The Kier molecular flexibility index (Phi) is 4.32. The summed E-state index contributed by atoms with van der Waals surface area (Å²) in [6.45, 7) is 3.78. The lowest BCUT2D eigenvalue weighted by Gasteiger charge is -2.13. The first-order valence-corrected chi connectivity index (χ1v) is 5.79. The fourth-order valence-electron chi connectivity index (χ4n) is 1.11. The molecule has 0 spiro atoms. The summed E-state index contributed by atoms with van der Waals surface area (Å²) in [7, 11) is 1.55. The third kappa shape index (κ3) is 2.97. The van der Waals surface area contributed by atoms with Crippen molar-refractivity contribution in [2.45, 2.75) is 19.9 Å². The Morgan fingerprint density at radius 3 is 2.75 bits per heavy atom. The molecule has 4 nitrogen and oxygen atoms in total. The lowest BCUT2D eigenvalue weighted by atomic mass is 10.1. The summed E-state index contributed by atoms with van der Waals surface area (Å²) in [5.74, 6) is 0.526. The maximum absolute atomic E-state index is 11.7. The van der Waals surface area contributed by atoms with Crippen LogP contribution in [0.2, 0.25) is 0 Å². The number of nitrogens with zero attached hydrogens (tertiary/aromatic N) is 1. The Balaban J connectivity index is 2.68. The second-order valence-electron chi connectivity index (χ2n) is 3.68. The monoisotopic (exact) mass is 238 g/mol. The number of thiophene rings is 1. The molecule has 0 fully saturated rings. The number of nitriles is 1. The van der Waals surface area contributed by atoms with Gasteiger partial charge in [0, 0.05) is 11.4 Å². The SMILES string of the molecule is COc1csc(C(=O)NC(C#N)C(C)C)c1. The molecule has 1 amide bonds. The van der Waals surface area contributed by atoms with E-state index in [1.165, 1.54) is 11.3 Å². The van der Waals surface area contributed by atoms with Crippen molar-refractivity contribution in [2.75, 3.05) is 7.11 Å². The lowest BCUT2D eigenvalue weighted by molar-refractivity contribution is 0.0941. The Labute approximate surface area is 98.8 Å². The third-order valence-electron chi connectivity index (χ3n) is 2.13. The van der Waals surface area contributed by atoms with E-state index in [9.17, 15) is 4.79 Å². The Morgan fingerprint density at radius 1 is 1.62 bits per heavy atom. The van der Waals surface area contributed by atoms with Gasteiger partial charge in [0.25, 0.3) is 5.91 Å². The first-order valence-electron chi connectivity index (χ1n) is 4.91. The summed E-state index contributed by atoms with van der Waals surface area (Å²) >= 11 is 1.30. The highest BCUT2D eigenvalue weighted by Crippen LogP contribution is 2.21. The van der Waals surface area contributed by atoms with E-state index in [0.29, 0.717) is 10.6 Å². The molecule has 0 aliphatic heterocycles. The van der Waals surface area contributed by atoms with E-state index in [2.05, 4.69) is 11.4 Å². The molecule has 86 valence electrons. The van der Waals surface area contributed by atoms with Crippen LogP contribution in [0.15, 0.2) is 11.4 Å². The van der Waals surface area contributed by atoms with Gasteiger partial charge in [-0.15, -0.1) is 11.3 Å². The molecule has 5 heteroatoms. The zero-order chi connectivity index (χ0) is 12.1. The van der Waals surface area contributed by atoms with Crippen LogP contribution in [0.4, 0.5) is 0 Å². The summed E-state index contributed by atoms with van der Waals surface area (Å²) < 4.78 is 4.99. The molecule has 1 aromatic heterocycles.